The first-order valence-electron chi connectivity index (χ1n) is 11.3. The second-order valence-corrected chi connectivity index (χ2v) is 10.8. The molecule has 7 nitrogen and oxygen atoms in total. The maximum atomic E-state index is 12.9. The highest BCUT2D eigenvalue weighted by Gasteiger charge is 2.31. The SMILES string of the molecule is CC(OC(=O)c1ccc(S(=O)(=O)N2CCCCC2C)cc1)C(=O)NC1CCCCC1C. The van der Waals surface area contributed by atoms with Crippen molar-refractivity contribution in [2.45, 2.75) is 88.8 Å². The van der Waals surface area contributed by atoms with Crippen molar-refractivity contribution in [2.24, 2.45) is 5.92 Å². The fourth-order valence-electron chi connectivity index (χ4n) is 4.44. The Bertz CT molecular complexity index is 884. The summed E-state index contributed by atoms with van der Waals surface area (Å²) in [5.74, 6) is -0.530. The Morgan fingerprint density at radius 3 is 2.32 bits per heavy atom. The van der Waals surface area contributed by atoms with Crippen LogP contribution in [-0.2, 0) is 19.6 Å². The first-order chi connectivity index (χ1) is 14.7. The van der Waals surface area contributed by atoms with Crippen LogP contribution in [0.3, 0.4) is 0 Å². The molecule has 1 saturated heterocycles. The number of esters is 1. The number of carbonyl (C=O) groups excluding carboxylic acids is 2. The standard InChI is InChI=1S/C23H34N2O5S/c1-16-8-4-5-10-21(16)24-22(26)18(3)30-23(27)19-11-13-20(14-12-19)31(28,29)25-15-7-6-9-17(25)2/h11-14,16-18,21H,4-10,15H2,1-3H3,(H,24,26). The van der Waals surface area contributed by atoms with Crippen molar-refractivity contribution in [3.63, 3.8) is 0 Å². The normalized spacial score (nSPS) is 26.1. The molecule has 1 saturated carbocycles. The van der Waals surface area contributed by atoms with Gasteiger partial charge in [-0.2, -0.15) is 4.31 Å². The predicted octanol–water partition coefficient (Wildman–Crippen LogP) is 3.49. The first kappa shape index (κ1) is 23.7. The summed E-state index contributed by atoms with van der Waals surface area (Å²) in [6.07, 6.45) is 6.12. The van der Waals surface area contributed by atoms with Crippen LogP contribution >= 0.6 is 0 Å². The molecule has 8 heteroatoms. The van der Waals surface area contributed by atoms with Crippen LogP contribution in [0.15, 0.2) is 29.2 Å². The van der Waals surface area contributed by atoms with Gasteiger partial charge in [-0.1, -0.05) is 26.2 Å². The van der Waals surface area contributed by atoms with Crippen molar-refractivity contribution in [1.29, 1.82) is 0 Å². The minimum Gasteiger partial charge on any atom is -0.449 e. The zero-order chi connectivity index (χ0) is 22.6. The Hall–Kier alpha value is -1.93. The van der Waals surface area contributed by atoms with E-state index >= 15 is 0 Å². The van der Waals surface area contributed by atoms with Gasteiger partial charge in [-0.05, 0) is 69.7 Å². The molecule has 1 heterocycles. The number of hydrogen-bond acceptors (Lipinski definition) is 5. The van der Waals surface area contributed by atoms with Gasteiger partial charge in [0.05, 0.1) is 10.5 Å². The summed E-state index contributed by atoms with van der Waals surface area (Å²) in [6, 6.07) is 5.83. The molecule has 4 atom stereocenters. The second-order valence-electron chi connectivity index (χ2n) is 8.91. The van der Waals surface area contributed by atoms with Gasteiger partial charge in [-0.3, -0.25) is 4.79 Å². The van der Waals surface area contributed by atoms with Gasteiger partial charge in [0.1, 0.15) is 0 Å². The molecule has 1 N–H and O–H groups in total. The number of rotatable bonds is 6. The van der Waals surface area contributed by atoms with E-state index < -0.39 is 22.1 Å². The van der Waals surface area contributed by atoms with Gasteiger partial charge >= 0.3 is 5.97 Å². The van der Waals surface area contributed by atoms with Crippen molar-refractivity contribution >= 4 is 21.9 Å². The zero-order valence-corrected chi connectivity index (χ0v) is 19.5. The highest BCUT2D eigenvalue weighted by atomic mass is 32.2. The highest BCUT2D eigenvalue weighted by molar-refractivity contribution is 7.89. The van der Waals surface area contributed by atoms with E-state index in [2.05, 4.69) is 12.2 Å². The molecule has 2 fully saturated rings. The largest absolute Gasteiger partial charge is 0.449 e. The van der Waals surface area contributed by atoms with Crippen molar-refractivity contribution < 1.29 is 22.7 Å². The van der Waals surface area contributed by atoms with E-state index in [4.69, 9.17) is 4.74 Å². The third-order valence-electron chi connectivity index (χ3n) is 6.53. The summed E-state index contributed by atoms with van der Waals surface area (Å²) < 4.78 is 32.7. The van der Waals surface area contributed by atoms with Gasteiger partial charge in [-0.15, -0.1) is 0 Å². The van der Waals surface area contributed by atoms with Crippen molar-refractivity contribution in [1.82, 2.24) is 9.62 Å². The third kappa shape index (κ3) is 5.66. The molecule has 0 bridgehead atoms. The van der Waals surface area contributed by atoms with E-state index in [0.717, 1.165) is 38.5 Å². The Labute approximate surface area is 185 Å². The fraction of sp³-hybridized carbons (Fsp3) is 0.652. The number of piperidine rings is 1. The predicted molar refractivity (Wildman–Crippen MR) is 118 cm³/mol. The van der Waals surface area contributed by atoms with Gasteiger partial charge in [0.25, 0.3) is 5.91 Å². The average molecular weight is 451 g/mol. The number of ether oxygens (including phenoxy) is 1. The van der Waals surface area contributed by atoms with Crippen LogP contribution in [0.2, 0.25) is 0 Å². The van der Waals surface area contributed by atoms with Crippen LogP contribution in [0.1, 0.15) is 76.1 Å². The quantitative estimate of drug-likeness (QED) is 0.670. The maximum absolute atomic E-state index is 12.9. The van der Waals surface area contributed by atoms with Crippen LogP contribution in [0, 0.1) is 5.92 Å². The molecule has 3 rings (SSSR count). The fourth-order valence-corrected chi connectivity index (χ4v) is 6.14. The Morgan fingerprint density at radius 1 is 1.03 bits per heavy atom. The smallest absolute Gasteiger partial charge is 0.338 e. The highest BCUT2D eigenvalue weighted by Crippen LogP contribution is 2.26. The molecule has 1 aliphatic heterocycles. The number of nitrogens with one attached hydrogen (secondary N) is 1. The van der Waals surface area contributed by atoms with E-state index in [0.29, 0.717) is 12.5 Å². The van der Waals surface area contributed by atoms with Crippen molar-refractivity contribution in [2.75, 3.05) is 6.54 Å². The molecule has 1 amide bonds. The number of hydrogen-bond donors (Lipinski definition) is 1. The monoisotopic (exact) mass is 450 g/mol. The summed E-state index contributed by atoms with van der Waals surface area (Å²) in [5, 5.41) is 2.99. The average Bonchev–Trinajstić information content (AvgIpc) is 2.75. The third-order valence-corrected chi connectivity index (χ3v) is 8.56. The van der Waals surface area contributed by atoms with E-state index in [1.54, 1.807) is 6.92 Å². The first-order valence-corrected chi connectivity index (χ1v) is 12.8. The van der Waals surface area contributed by atoms with Crippen molar-refractivity contribution in [3.8, 4) is 0 Å². The van der Waals surface area contributed by atoms with Gasteiger partial charge in [-0.25, -0.2) is 13.2 Å². The van der Waals surface area contributed by atoms with Crippen LogP contribution in [0.5, 0.6) is 0 Å². The lowest BCUT2D eigenvalue weighted by atomic mass is 9.86. The number of benzene rings is 1. The van der Waals surface area contributed by atoms with Gasteiger partial charge in [0, 0.05) is 18.6 Å². The molecule has 1 aromatic carbocycles. The molecule has 0 radical (unpaired) electrons. The summed E-state index contributed by atoms with van der Waals surface area (Å²) in [5.41, 5.74) is 0.219. The summed E-state index contributed by atoms with van der Waals surface area (Å²) in [7, 11) is -3.59. The Balaban J connectivity index is 1.60. The lowest BCUT2D eigenvalue weighted by Gasteiger charge is -2.32. The van der Waals surface area contributed by atoms with Gasteiger partial charge in [0.15, 0.2) is 6.10 Å². The minimum atomic E-state index is -3.59. The molecule has 0 aromatic heterocycles. The van der Waals surface area contributed by atoms with E-state index in [9.17, 15) is 18.0 Å². The number of nitrogens with zero attached hydrogens (tertiary/aromatic N) is 1. The molecule has 31 heavy (non-hydrogen) atoms. The van der Waals surface area contributed by atoms with Crippen molar-refractivity contribution in [3.05, 3.63) is 29.8 Å². The molecule has 4 unspecified atom stereocenters. The summed E-state index contributed by atoms with van der Waals surface area (Å²) >= 11 is 0. The maximum Gasteiger partial charge on any atom is 0.338 e. The molecule has 2 aliphatic rings. The molecule has 172 valence electrons. The Kier molecular flexibility index (Phi) is 7.75. The van der Waals surface area contributed by atoms with Crippen LogP contribution in [-0.4, -0.2) is 49.3 Å². The van der Waals surface area contributed by atoms with Crippen LogP contribution in [0.4, 0.5) is 0 Å². The molecule has 1 aromatic rings. The number of amides is 1. The summed E-state index contributed by atoms with van der Waals surface area (Å²) in [6.45, 7) is 6.11. The number of sulfonamides is 1. The van der Waals surface area contributed by atoms with Gasteiger partial charge in [0.2, 0.25) is 10.0 Å². The Morgan fingerprint density at radius 2 is 1.68 bits per heavy atom. The molecule has 1 aliphatic carbocycles. The zero-order valence-electron chi connectivity index (χ0n) is 18.7. The molecular weight excluding hydrogens is 416 g/mol. The lowest BCUT2D eigenvalue weighted by molar-refractivity contribution is -0.130. The van der Waals surface area contributed by atoms with Gasteiger partial charge < -0.3 is 10.1 Å². The van der Waals surface area contributed by atoms with E-state index in [-0.39, 0.29) is 28.4 Å². The lowest BCUT2D eigenvalue weighted by Crippen LogP contribution is -2.46. The molecule has 0 spiro atoms. The van der Waals surface area contributed by atoms with E-state index in [1.807, 2.05) is 6.92 Å². The topological polar surface area (TPSA) is 92.8 Å². The minimum absolute atomic E-state index is 0.0327. The van der Waals surface area contributed by atoms with Crippen LogP contribution in [0.25, 0.3) is 0 Å². The summed E-state index contributed by atoms with van der Waals surface area (Å²) in [4.78, 5) is 25.1. The second kappa shape index (κ2) is 10.1. The van der Waals surface area contributed by atoms with E-state index in [1.165, 1.54) is 35.0 Å². The molecular formula is C23H34N2O5S. The van der Waals surface area contributed by atoms with Crippen LogP contribution < -0.4 is 5.32 Å². The number of carbonyl (C=O) groups is 2.